The van der Waals surface area contributed by atoms with Crippen molar-refractivity contribution in [2.75, 3.05) is 0 Å². The number of hydrogen-bond acceptors (Lipinski definition) is 0. The largest absolute Gasteiger partial charge is 0.416 e. The van der Waals surface area contributed by atoms with Crippen LogP contribution in [0.15, 0.2) is 42.5 Å². The van der Waals surface area contributed by atoms with E-state index < -0.39 is 17.6 Å². The Morgan fingerprint density at radius 1 is 1.05 bits per heavy atom. The minimum atomic E-state index is -4.34. The first-order valence-electron chi connectivity index (χ1n) is 6.02. The van der Waals surface area contributed by atoms with Crippen LogP contribution in [0.4, 0.5) is 17.6 Å². The number of benzene rings is 2. The van der Waals surface area contributed by atoms with Gasteiger partial charge in [-0.15, -0.1) is 0 Å². The monoisotopic (exact) mass is 380 g/mol. The van der Waals surface area contributed by atoms with E-state index in [0.717, 1.165) is 17.7 Å². The minimum absolute atomic E-state index is 0.0352. The topological polar surface area (TPSA) is 0 Å². The second kappa shape index (κ2) is 6.36. The first-order chi connectivity index (χ1) is 9.77. The van der Waals surface area contributed by atoms with Gasteiger partial charge in [0.05, 0.1) is 10.6 Å². The fourth-order valence-corrected chi connectivity index (χ4v) is 2.64. The Balaban J connectivity index is 2.12. The van der Waals surface area contributed by atoms with E-state index in [0.29, 0.717) is 12.0 Å². The lowest BCUT2D eigenvalue weighted by molar-refractivity contribution is -0.137. The third-order valence-corrected chi connectivity index (χ3v) is 4.16. The van der Waals surface area contributed by atoms with Crippen molar-refractivity contribution in [1.29, 1.82) is 0 Å². The Hall–Kier alpha value is -1.07. The van der Waals surface area contributed by atoms with Crippen molar-refractivity contribution < 1.29 is 17.6 Å². The van der Waals surface area contributed by atoms with E-state index in [9.17, 15) is 17.6 Å². The van der Waals surface area contributed by atoms with Gasteiger partial charge in [0.25, 0.3) is 0 Å². The van der Waals surface area contributed by atoms with E-state index in [-0.39, 0.29) is 9.85 Å². The number of rotatable bonds is 3. The van der Waals surface area contributed by atoms with Crippen molar-refractivity contribution in [2.24, 2.45) is 0 Å². The van der Waals surface area contributed by atoms with Crippen LogP contribution in [-0.2, 0) is 12.6 Å². The zero-order chi connectivity index (χ0) is 15.6. The zero-order valence-corrected chi connectivity index (χ0v) is 12.9. The van der Waals surface area contributed by atoms with Crippen molar-refractivity contribution in [2.45, 2.75) is 17.4 Å². The fraction of sp³-hybridized carbons (Fsp3) is 0.200. The van der Waals surface area contributed by atoms with E-state index in [2.05, 4.69) is 15.9 Å². The molecule has 112 valence electrons. The van der Waals surface area contributed by atoms with Gasteiger partial charge in [-0.2, -0.15) is 13.2 Å². The van der Waals surface area contributed by atoms with Gasteiger partial charge in [0.15, 0.2) is 0 Å². The van der Waals surface area contributed by atoms with Gasteiger partial charge in [-0.3, -0.25) is 0 Å². The normalized spacial score (nSPS) is 13.2. The highest BCUT2D eigenvalue weighted by molar-refractivity contribution is 9.09. The summed E-state index contributed by atoms with van der Waals surface area (Å²) in [6.45, 7) is 0. The van der Waals surface area contributed by atoms with Crippen LogP contribution >= 0.6 is 27.5 Å². The molecule has 0 amide bonds. The molecule has 2 aromatic carbocycles. The molecule has 1 unspecified atom stereocenters. The Kier molecular flexibility index (Phi) is 4.94. The number of halogens is 6. The molecule has 0 aromatic heterocycles. The van der Waals surface area contributed by atoms with E-state index in [1.807, 2.05) is 0 Å². The lowest BCUT2D eigenvalue weighted by atomic mass is 10.0. The van der Waals surface area contributed by atoms with Crippen molar-refractivity contribution in [3.63, 3.8) is 0 Å². The average Bonchev–Trinajstić information content (AvgIpc) is 2.41. The molecule has 6 heteroatoms. The fourth-order valence-electron chi connectivity index (χ4n) is 1.86. The second-order valence-electron chi connectivity index (χ2n) is 4.54. The van der Waals surface area contributed by atoms with Crippen LogP contribution in [0.2, 0.25) is 5.02 Å². The molecule has 0 spiro atoms. The van der Waals surface area contributed by atoms with Gasteiger partial charge in [-0.05, 0) is 41.8 Å². The van der Waals surface area contributed by atoms with Gasteiger partial charge in [0, 0.05) is 4.83 Å². The highest BCUT2D eigenvalue weighted by Crippen LogP contribution is 2.32. The molecule has 21 heavy (non-hydrogen) atoms. The summed E-state index contributed by atoms with van der Waals surface area (Å²) in [7, 11) is 0. The van der Waals surface area contributed by atoms with Crippen LogP contribution < -0.4 is 0 Å². The smallest absolute Gasteiger partial charge is 0.205 e. The van der Waals surface area contributed by atoms with E-state index in [4.69, 9.17) is 11.6 Å². The molecule has 0 aliphatic carbocycles. The molecule has 0 saturated heterocycles. The SMILES string of the molecule is Fc1cc(C(Br)Cc2ccc(C(F)(F)F)cc2)ccc1Cl. The van der Waals surface area contributed by atoms with Crippen molar-refractivity contribution in [3.05, 3.63) is 70.0 Å². The molecule has 2 aromatic rings. The molecule has 0 radical (unpaired) electrons. The van der Waals surface area contributed by atoms with Gasteiger partial charge < -0.3 is 0 Å². The maximum absolute atomic E-state index is 13.4. The van der Waals surface area contributed by atoms with Gasteiger partial charge in [-0.1, -0.05) is 45.7 Å². The molecule has 0 aliphatic heterocycles. The van der Waals surface area contributed by atoms with Crippen LogP contribution in [0.1, 0.15) is 21.5 Å². The standard InChI is InChI=1S/C15H10BrClF4/c16-12(10-3-6-13(17)14(18)8-10)7-9-1-4-11(5-2-9)15(19,20)21/h1-6,8,12H,7H2. The molecule has 0 fully saturated rings. The summed E-state index contributed by atoms with van der Waals surface area (Å²) in [5.74, 6) is -0.522. The molecule has 0 heterocycles. The third kappa shape index (κ3) is 4.20. The minimum Gasteiger partial charge on any atom is -0.205 e. The first-order valence-corrected chi connectivity index (χ1v) is 7.32. The maximum Gasteiger partial charge on any atom is 0.416 e. The molecular formula is C15H10BrClF4. The van der Waals surface area contributed by atoms with Gasteiger partial charge >= 0.3 is 6.18 Å². The van der Waals surface area contributed by atoms with Crippen molar-refractivity contribution in [3.8, 4) is 0 Å². The Labute approximate surface area is 132 Å². The summed E-state index contributed by atoms with van der Waals surface area (Å²) in [6.07, 6.45) is -3.90. The molecule has 0 aliphatic rings. The third-order valence-electron chi connectivity index (χ3n) is 3.00. The lowest BCUT2D eigenvalue weighted by Crippen LogP contribution is -2.05. The van der Waals surface area contributed by atoms with Crippen LogP contribution in [-0.4, -0.2) is 0 Å². The Morgan fingerprint density at radius 3 is 2.19 bits per heavy atom. The van der Waals surface area contributed by atoms with Crippen LogP contribution in [0, 0.1) is 5.82 Å². The summed E-state index contributed by atoms with van der Waals surface area (Å²) >= 11 is 9.02. The highest BCUT2D eigenvalue weighted by atomic mass is 79.9. The lowest BCUT2D eigenvalue weighted by Gasteiger charge is -2.12. The summed E-state index contributed by atoms with van der Waals surface area (Å²) in [4.78, 5) is -0.207. The zero-order valence-electron chi connectivity index (χ0n) is 10.6. The molecule has 0 N–H and O–H groups in total. The maximum atomic E-state index is 13.4. The number of hydrogen-bond donors (Lipinski definition) is 0. The predicted molar refractivity (Wildman–Crippen MR) is 78.2 cm³/mol. The predicted octanol–water partition coefficient (Wildman–Crippen LogP) is 6.18. The van der Waals surface area contributed by atoms with Gasteiger partial charge in [0.1, 0.15) is 5.82 Å². The molecule has 0 bridgehead atoms. The Bertz CT molecular complexity index is 623. The van der Waals surface area contributed by atoms with Crippen molar-refractivity contribution >= 4 is 27.5 Å². The molecule has 1 atom stereocenters. The van der Waals surface area contributed by atoms with Gasteiger partial charge in [0.2, 0.25) is 0 Å². The first kappa shape index (κ1) is 16.3. The summed E-state index contributed by atoms with van der Waals surface area (Å²) in [5, 5.41) is 0.0352. The molecule has 0 saturated carbocycles. The highest BCUT2D eigenvalue weighted by Gasteiger charge is 2.29. The van der Waals surface area contributed by atoms with Crippen molar-refractivity contribution in [1.82, 2.24) is 0 Å². The summed E-state index contributed by atoms with van der Waals surface area (Å²) in [5.41, 5.74) is 0.715. The molecule has 0 nitrogen and oxygen atoms in total. The quantitative estimate of drug-likeness (QED) is 0.440. The number of alkyl halides is 4. The van der Waals surface area contributed by atoms with Crippen LogP contribution in [0.25, 0.3) is 0 Å². The van der Waals surface area contributed by atoms with E-state index in [1.54, 1.807) is 6.07 Å². The van der Waals surface area contributed by atoms with Crippen LogP contribution in [0.5, 0.6) is 0 Å². The van der Waals surface area contributed by atoms with E-state index in [1.165, 1.54) is 24.3 Å². The molecular weight excluding hydrogens is 372 g/mol. The molecule has 2 rings (SSSR count). The summed E-state index contributed by atoms with van der Waals surface area (Å²) < 4.78 is 50.8. The Morgan fingerprint density at radius 2 is 1.67 bits per heavy atom. The summed E-state index contributed by atoms with van der Waals surface area (Å²) in [6, 6.07) is 9.36. The second-order valence-corrected chi connectivity index (χ2v) is 6.05. The average molecular weight is 382 g/mol. The van der Waals surface area contributed by atoms with E-state index >= 15 is 0 Å². The van der Waals surface area contributed by atoms with Gasteiger partial charge in [-0.25, -0.2) is 4.39 Å². The van der Waals surface area contributed by atoms with Crippen LogP contribution in [0.3, 0.4) is 0 Å².